The molecule has 0 radical (unpaired) electrons. The third kappa shape index (κ3) is 10.1. The minimum absolute atomic E-state index is 0. The van der Waals surface area contributed by atoms with Gasteiger partial charge in [-0.1, -0.05) is 40.0 Å². The van der Waals surface area contributed by atoms with Crippen LogP contribution < -0.4 is 0 Å². The molecular weight excluding hydrogens is 275 g/mol. The summed E-state index contributed by atoms with van der Waals surface area (Å²) in [5, 5.41) is 0. The fourth-order valence-electron chi connectivity index (χ4n) is 2.71. The molecular formula is C16H37ClOP+. The summed E-state index contributed by atoms with van der Waals surface area (Å²) in [7, 11) is 1.13. The van der Waals surface area contributed by atoms with E-state index in [1.807, 2.05) is 7.11 Å². The predicted molar refractivity (Wildman–Crippen MR) is 94.8 cm³/mol. The number of ether oxygens (including phenoxy) is 1. The Kier molecular flexibility index (Phi) is 15.8. The molecule has 1 nitrogen and oxygen atoms in total. The lowest BCUT2D eigenvalue weighted by Crippen LogP contribution is -2.21. The monoisotopic (exact) mass is 311 g/mol. The van der Waals surface area contributed by atoms with Gasteiger partial charge < -0.3 is 4.74 Å². The maximum atomic E-state index is 5.57. The van der Waals surface area contributed by atoms with E-state index in [0.29, 0.717) is 6.10 Å². The molecule has 1 atom stereocenters. The van der Waals surface area contributed by atoms with Crippen LogP contribution in [0.15, 0.2) is 0 Å². The van der Waals surface area contributed by atoms with Crippen LogP contribution in [0.3, 0.4) is 0 Å². The molecule has 19 heavy (non-hydrogen) atoms. The molecule has 0 rings (SSSR count). The summed E-state index contributed by atoms with van der Waals surface area (Å²) >= 11 is 0. The molecule has 0 amide bonds. The molecule has 0 fully saturated rings. The minimum Gasteiger partial charge on any atom is -0.378 e. The Hall–Kier alpha value is 0.680. The van der Waals surface area contributed by atoms with Crippen molar-refractivity contribution in [3.8, 4) is 0 Å². The Bertz CT molecular complexity index is 166. The van der Waals surface area contributed by atoms with Gasteiger partial charge in [-0.3, -0.25) is 0 Å². The van der Waals surface area contributed by atoms with Crippen LogP contribution in [0, 0.1) is 0 Å². The van der Waals surface area contributed by atoms with Gasteiger partial charge in [0.15, 0.2) is 0 Å². The lowest BCUT2D eigenvalue weighted by atomic mass is 10.4. The highest BCUT2D eigenvalue weighted by Crippen LogP contribution is 2.61. The highest BCUT2D eigenvalue weighted by molar-refractivity contribution is 7.75. The average molecular weight is 312 g/mol. The first kappa shape index (κ1) is 22.0. The average Bonchev–Trinajstić information content (AvgIpc) is 2.40. The van der Waals surface area contributed by atoms with Crippen molar-refractivity contribution in [2.24, 2.45) is 0 Å². The molecule has 0 aromatic carbocycles. The van der Waals surface area contributed by atoms with E-state index < -0.39 is 7.26 Å². The molecule has 3 heteroatoms. The number of methoxy groups -OCH3 is 1. The second-order valence-corrected chi connectivity index (χ2v) is 10.2. The number of rotatable bonds is 12. The number of hydrogen-bond donors (Lipinski definition) is 0. The molecule has 0 aliphatic heterocycles. The van der Waals surface area contributed by atoms with Crippen molar-refractivity contribution in [1.29, 1.82) is 0 Å². The van der Waals surface area contributed by atoms with Gasteiger partial charge in [-0.25, -0.2) is 0 Å². The van der Waals surface area contributed by atoms with Crippen molar-refractivity contribution in [1.82, 2.24) is 0 Å². The second kappa shape index (κ2) is 13.7. The first-order valence-corrected chi connectivity index (χ1v) is 10.5. The van der Waals surface area contributed by atoms with E-state index in [4.69, 9.17) is 4.74 Å². The van der Waals surface area contributed by atoms with Gasteiger partial charge in [0.05, 0.1) is 30.8 Å². The number of unbranched alkanes of at least 4 members (excludes halogenated alkanes) is 3. The molecule has 0 aliphatic carbocycles. The summed E-state index contributed by atoms with van der Waals surface area (Å²) in [6.07, 6.45) is 14.7. The quantitative estimate of drug-likeness (QED) is 0.410. The smallest absolute Gasteiger partial charge is 0.0877 e. The zero-order valence-corrected chi connectivity index (χ0v) is 15.6. The number of halogens is 1. The maximum Gasteiger partial charge on any atom is 0.0877 e. The summed E-state index contributed by atoms with van der Waals surface area (Å²) in [6.45, 7) is 9.24. The normalized spacial score (nSPS) is 13.1. The summed E-state index contributed by atoms with van der Waals surface area (Å²) in [5.41, 5.74) is 0. The van der Waals surface area contributed by atoms with E-state index in [9.17, 15) is 0 Å². The van der Waals surface area contributed by atoms with Gasteiger partial charge in [0.2, 0.25) is 0 Å². The van der Waals surface area contributed by atoms with Gasteiger partial charge in [0, 0.05) is 14.4 Å². The fraction of sp³-hybridized carbons (Fsp3) is 1.00. The van der Waals surface area contributed by atoms with E-state index in [2.05, 4.69) is 27.7 Å². The molecule has 0 aromatic rings. The van der Waals surface area contributed by atoms with Gasteiger partial charge in [-0.2, -0.15) is 0 Å². The van der Waals surface area contributed by atoms with Gasteiger partial charge in [-0.05, 0) is 26.2 Å². The fourth-order valence-corrected chi connectivity index (χ4v) is 8.13. The molecule has 1 unspecified atom stereocenters. The third-order valence-corrected chi connectivity index (χ3v) is 9.09. The van der Waals surface area contributed by atoms with Crippen LogP contribution in [0.4, 0.5) is 0 Å². The Morgan fingerprint density at radius 2 is 1.21 bits per heavy atom. The lowest BCUT2D eigenvalue weighted by Gasteiger charge is -2.30. The summed E-state index contributed by atoms with van der Waals surface area (Å²) in [6, 6.07) is 0. The van der Waals surface area contributed by atoms with E-state index in [1.54, 1.807) is 0 Å². The lowest BCUT2D eigenvalue weighted by molar-refractivity contribution is 0.136. The molecule has 0 bridgehead atoms. The Morgan fingerprint density at radius 1 is 0.842 bits per heavy atom. The Morgan fingerprint density at radius 3 is 1.47 bits per heavy atom. The van der Waals surface area contributed by atoms with Crippen LogP contribution in [0.25, 0.3) is 0 Å². The van der Waals surface area contributed by atoms with E-state index in [-0.39, 0.29) is 12.4 Å². The van der Waals surface area contributed by atoms with Crippen LogP contribution >= 0.6 is 19.7 Å². The molecule has 0 heterocycles. The Balaban J connectivity index is 0. The first-order valence-electron chi connectivity index (χ1n) is 8.02. The second-order valence-electron chi connectivity index (χ2n) is 5.80. The van der Waals surface area contributed by atoms with Gasteiger partial charge in [-0.15, -0.1) is 12.4 Å². The third-order valence-electron chi connectivity index (χ3n) is 4.00. The largest absolute Gasteiger partial charge is 0.378 e. The molecule has 0 spiro atoms. The van der Waals surface area contributed by atoms with Crippen LogP contribution in [0.1, 0.15) is 66.2 Å². The van der Waals surface area contributed by atoms with Gasteiger partial charge in [0.25, 0.3) is 0 Å². The van der Waals surface area contributed by atoms with E-state index >= 15 is 0 Å². The Labute approximate surface area is 129 Å². The van der Waals surface area contributed by atoms with Crippen LogP contribution in [-0.2, 0) is 4.74 Å². The zero-order chi connectivity index (χ0) is 13.9. The van der Waals surface area contributed by atoms with Crippen LogP contribution in [0.2, 0.25) is 0 Å². The predicted octanol–water partition coefficient (Wildman–Crippen LogP) is 5.86. The highest BCUT2D eigenvalue weighted by atomic mass is 35.5. The SMILES string of the molecule is CCCC[P+](CCCC)(CCCC)CC(C)OC.Cl. The zero-order valence-electron chi connectivity index (χ0n) is 13.9. The summed E-state index contributed by atoms with van der Waals surface area (Å²) < 4.78 is 5.57. The maximum absolute atomic E-state index is 5.57. The van der Waals surface area contributed by atoms with Crippen molar-refractivity contribution >= 4 is 19.7 Å². The van der Waals surface area contributed by atoms with Crippen molar-refractivity contribution < 1.29 is 4.74 Å². The van der Waals surface area contributed by atoms with Gasteiger partial charge in [0.1, 0.15) is 0 Å². The van der Waals surface area contributed by atoms with Gasteiger partial charge >= 0.3 is 0 Å². The molecule has 0 N–H and O–H groups in total. The highest BCUT2D eigenvalue weighted by Gasteiger charge is 2.36. The van der Waals surface area contributed by atoms with E-state index in [1.165, 1.54) is 63.2 Å². The number of hydrogen-bond acceptors (Lipinski definition) is 1. The van der Waals surface area contributed by atoms with Crippen LogP contribution in [-0.4, -0.2) is 37.9 Å². The molecule has 0 aliphatic rings. The van der Waals surface area contributed by atoms with Crippen molar-refractivity contribution in [2.75, 3.05) is 31.8 Å². The minimum atomic E-state index is -0.743. The molecule has 0 aromatic heterocycles. The van der Waals surface area contributed by atoms with E-state index in [0.717, 1.165) is 0 Å². The molecule has 0 saturated heterocycles. The summed E-state index contributed by atoms with van der Waals surface area (Å²) in [4.78, 5) is 0. The standard InChI is InChI=1S/C16H36OP.ClH/c1-6-9-12-18(13-10-7-2,14-11-8-3)15-16(4)17-5;/h16H,6-15H2,1-5H3;1H/q+1;. The molecule has 0 saturated carbocycles. The van der Waals surface area contributed by atoms with Crippen molar-refractivity contribution in [3.05, 3.63) is 0 Å². The first-order chi connectivity index (χ1) is 8.64. The molecule has 118 valence electrons. The topological polar surface area (TPSA) is 9.23 Å². The van der Waals surface area contributed by atoms with Crippen molar-refractivity contribution in [2.45, 2.75) is 72.3 Å². The van der Waals surface area contributed by atoms with Crippen molar-refractivity contribution in [3.63, 3.8) is 0 Å². The summed E-state index contributed by atoms with van der Waals surface area (Å²) in [5.74, 6) is 0. The van der Waals surface area contributed by atoms with Crippen LogP contribution in [0.5, 0.6) is 0 Å².